The van der Waals surface area contributed by atoms with Gasteiger partial charge in [-0.2, -0.15) is 0 Å². The minimum atomic E-state index is 0.125. The molecule has 1 heterocycles. The molecule has 1 aromatic rings. The highest BCUT2D eigenvalue weighted by Crippen LogP contribution is 1.96. The molecule has 60 valence electrons. The first-order valence-corrected chi connectivity index (χ1v) is 3.51. The summed E-state index contributed by atoms with van der Waals surface area (Å²) >= 11 is 0. The Hall–Kier alpha value is -1.09. The minimum Gasteiger partial charge on any atom is -0.359 e. The van der Waals surface area contributed by atoms with Crippen molar-refractivity contribution in [3.63, 3.8) is 0 Å². The fourth-order valence-corrected chi connectivity index (χ4v) is 0.876. The topological polar surface area (TPSA) is 36.1 Å². The number of rotatable bonds is 3. The number of H-pyrrole nitrogens is 1. The van der Waals surface area contributed by atoms with E-state index in [2.05, 4.69) is 4.98 Å². The summed E-state index contributed by atoms with van der Waals surface area (Å²) in [5.41, 5.74) is 0.679. The lowest BCUT2D eigenvalue weighted by molar-refractivity contribution is 0.0953. The van der Waals surface area contributed by atoms with Crippen LogP contribution in [0, 0.1) is 0 Å². The monoisotopic (exact) mass is 152 g/mol. The molecule has 11 heavy (non-hydrogen) atoms. The molecule has 0 fully saturated rings. The van der Waals surface area contributed by atoms with Crippen LogP contribution in [0.25, 0.3) is 0 Å². The minimum absolute atomic E-state index is 0.125. The molecule has 0 saturated heterocycles. The predicted octanol–water partition coefficient (Wildman–Crippen LogP) is 0.759. The van der Waals surface area contributed by atoms with Crippen molar-refractivity contribution in [3.8, 4) is 0 Å². The smallest absolute Gasteiger partial charge is 0.192 e. The molecule has 0 unspecified atom stereocenters. The number of carbonyl (C=O) groups excluding carboxylic acids is 1. The second-order valence-corrected chi connectivity index (χ2v) is 2.74. The molecule has 3 nitrogen and oxygen atoms in total. The van der Waals surface area contributed by atoms with Crippen LogP contribution in [0.15, 0.2) is 18.3 Å². The highest BCUT2D eigenvalue weighted by molar-refractivity contribution is 5.95. The molecule has 0 aliphatic carbocycles. The number of hydrogen-bond acceptors (Lipinski definition) is 2. The third kappa shape index (κ3) is 2.20. The van der Waals surface area contributed by atoms with E-state index in [1.807, 2.05) is 25.1 Å². The van der Waals surface area contributed by atoms with Crippen LogP contribution in [0.5, 0.6) is 0 Å². The second kappa shape index (κ2) is 3.34. The quantitative estimate of drug-likeness (QED) is 0.649. The molecule has 0 bridgehead atoms. The molecule has 0 radical (unpaired) electrons. The lowest BCUT2D eigenvalue weighted by Gasteiger charge is -2.06. The van der Waals surface area contributed by atoms with Gasteiger partial charge in [0.15, 0.2) is 5.78 Å². The number of carbonyl (C=O) groups is 1. The fourth-order valence-electron chi connectivity index (χ4n) is 0.876. The molecule has 0 saturated carbocycles. The van der Waals surface area contributed by atoms with Crippen LogP contribution in [0.2, 0.25) is 0 Å². The Kier molecular flexibility index (Phi) is 2.44. The zero-order valence-electron chi connectivity index (χ0n) is 6.79. The molecule has 3 heteroatoms. The average molecular weight is 152 g/mol. The van der Waals surface area contributed by atoms with Gasteiger partial charge in [0, 0.05) is 6.20 Å². The van der Waals surface area contributed by atoms with Crippen molar-refractivity contribution in [2.24, 2.45) is 0 Å². The van der Waals surface area contributed by atoms with Crippen LogP contribution in [-0.2, 0) is 0 Å². The van der Waals surface area contributed by atoms with Crippen molar-refractivity contribution in [3.05, 3.63) is 24.0 Å². The van der Waals surface area contributed by atoms with Crippen LogP contribution >= 0.6 is 0 Å². The number of hydrogen-bond donors (Lipinski definition) is 1. The molecular weight excluding hydrogens is 140 g/mol. The maximum Gasteiger partial charge on any atom is 0.192 e. The molecule has 1 rings (SSSR count). The Morgan fingerprint density at radius 2 is 2.36 bits per heavy atom. The van der Waals surface area contributed by atoms with Gasteiger partial charge in [0.2, 0.25) is 0 Å². The first-order chi connectivity index (χ1) is 5.20. The van der Waals surface area contributed by atoms with Gasteiger partial charge in [-0.05, 0) is 26.2 Å². The molecule has 0 atom stereocenters. The van der Waals surface area contributed by atoms with Crippen molar-refractivity contribution in [2.75, 3.05) is 20.6 Å². The lowest BCUT2D eigenvalue weighted by Crippen LogP contribution is -2.21. The Balaban J connectivity index is 2.57. The number of nitrogens with zero attached hydrogens (tertiary/aromatic N) is 1. The van der Waals surface area contributed by atoms with E-state index < -0.39 is 0 Å². The normalized spacial score (nSPS) is 10.5. The van der Waals surface area contributed by atoms with Gasteiger partial charge in [-0.25, -0.2) is 0 Å². The van der Waals surface area contributed by atoms with E-state index in [1.54, 1.807) is 12.3 Å². The van der Waals surface area contributed by atoms with E-state index in [1.165, 1.54) is 0 Å². The number of aromatic nitrogens is 1. The molecule has 0 aliphatic rings. The molecule has 0 aliphatic heterocycles. The first kappa shape index (κ1) is 8.01. The van der Waals surface area contributed by atoms with Crippen molar-refractivity contribution in [1.82, 2.24) is 9.88 Å². The maximum atomic E-state index is 11.2. The Bertz CT molecular complexity index is 226. The summed E-state index contributed by atoms with van der Waals surface area (Å²) in [6, 6.07) is 3.61. The standard InChI is InChI=1S/C8H12N2O/c1-10(2)6-8(11)7-4-3-5-9-7/h3-5,9H,6H2,1-2H3. The summed E-state index contributed by atoms with van der Waals surface area (Å²) in [5, 5.41) is 0. The molecule has 1 N–H and O–H groups in total. The number of Topliss-reactive ketones (excluding diaryl/α,β-unsaturated/α-hetero) is 1. The lowest BCUT2D eigenvalue weighted by atomic mass is 10.3. The summed E-state index contributed by atoms with van der Waals surface area (Å²) in [6.45, 7) is 0.459. The molecule has 1 aromatic heterocycles. The summed E-state index contributed by atoms with van der Waals surface area (Å²) < 4.78 is 0. The van der Waals surface area contributed by atoms with Crippen molar-refractivity contribution in [1.29, 1.82) is 0 Å². The van der Waals surface area contributed by atoms with E-state index in [0.29, 0.717) is 12.2 Å². The molecule has 0 spiro atoms. The predicted molar refractivity (Wildman–Crippen MR) is 43.7 cm³/mol. The summed E-state index contributed by atoms with van der Waals surface area (Å²) in [4.78, 5) is 16.0. The van der Waals surface area contributed by atoms with E-state index >= 15 is 0 Å². The van der Waals surface area contributed by atoms with E-state index in [0.717, 1.165) is 0 Å². The van der Waals surface area contributed by atoms with Crippen LogP contribution in [0.4, 0.5) is 0 Å². The SMILES string of the molecule is CN(C)CC(=O)c1ccc[nH]1. The van der Waals surface area contributed by atoms with Crippen molar-refractivity contribution in [2.45, 2.75) is 0 Å². The van der Waals surface area contributed by atoms with Crippen LogP contribution in [-0.4, -0.2) is 36.3 Å². The van der Waals surface area contributed by atoms with Crippen molar-refractivity contribution >= 4 is 5.78 Å². The highest BCUT2D eigenvalue weighted by atomic mass is 16.1. The molecule has 0 aromatic carbocycles. The summed E-state index contributed by atoms with van der Waals surface area (Å²) in [5.74, 6) is 0.125. The van der Waals surface area contributed by atoms with Gasteiger partial charge in [0.05, 0.1) is 12.2 Å². The number of aromatic amines is 1. The Morgan fingerprint density at radius 1 is 1.64 bits per heavy atom. The molecular formula is C8H12N2O. The summed E-state index contributed by atoms with van der Waals surface area (Å²) in [7, 11) is 3.75. The van der Waals surface area contributed by atoms with Gasteiger partial charge < -0.3 is 9.88 Å². The largest absolute Gasteiger partial charge is 0.359 e. The third-order valence-electron chi connectivity index (χ3n) is 1.36. The highest BCUT2D eigenvalue weighted by Gasteiger charge is 2.05. The zero-order chi connectivity index (χ0) is 8.27. The van der Waals surface area contributed by atoms with Gasteiger partial charge in [-0.15, -0.1) is 0 Å². The molecule has 0 amide bonds. The van der Waals surface area contributed by atoms with Gasteiger partial charge in [0.25, 0.3) is 0 Å². The van der Waals surface area contributed by atoms with Gasteiger partial charge in [-0.1, -0.05) is 0 Å². The van der Waals surface area contributed by atoms with Gasteiger partial charge in [0.1, 0.15) is 0 Å². The van der Waals surface area contributed by atoms with Crippen LogP contribution in [0.3, 0.4) is 0 Å². The van der Waals surface area contributed by atoms with Gasteiger partial charge in [-0.3, -0.25) is 4.79 Å². The van der Waals surface area contributed by atoms with E-state index in [-0.39, 0.29) is 5.78 Å². The maximum absolute atomic E-state index is 11.2. The zero-order valence-corrected chi connectivity index (χ0v) is 6.79. The number of nitrogens with one attached hydrogen (secondary N) is 1. The first-order valence-electron chi connectivity index (χ1n) is 3.51. The summed E-state index contributed by atoms with van der Waals surface area (Å²) in [6.07, 6.45) is 1.75. The van der Waals surface area contributed by atoms with Crippen LogP contribution < -0.4 is 0 Å². The third-order valence-corrected chi connectivity index (χ3v) is 1.36. The van der Waals surface area contributed by atoms with Crippen LogP contribution in [0.1, 0.15) is 10.5 Å². The Morgan fingerprint density at radius 3 is 2.82 bits per heavy atom. The number of ketones is 1. The van der Waals surface area contributed by atoms with Crippen molar-refractivity contribution < 1.29 is 4.79 Å². The fraction of sp³-hybridized carbons (Fsp3) is 0.375. The Labute approximate surface area is 66.0 Å². The second-order valence-electron chi connectivity index (χ2n) is 2.74. The van der Waals surface area contributed by atoms with E-state index in [9.17, 15) is 4.79 Å². The van der Waals surface area contributed by atoms with Gasteiger partial charge >= 0.3 is 0 Å². The number of likely N-dealkylation sites (N-methyl/N-ethyl adjacent to an activating group) is 1. The van der Waals surface area contributed by atoms with E-state index in [4.69, 9.17) is 0 Å². The average Bonchev–Trinajstić information content (AvgIpc) is 2.35.